The average molecular weight is 427 g/mol. The van der Waals surface area contributed by atoms with Crippen molar-refractivity contribution in [2.45, 2.75) is 117 Å². The largest absolute Gasteiger partial charge is 0.446 e. The molecule has 0 fully saturated rings. The number of aryl methyl sites for hydroxylation is 1. The van der Waals surface area contributed by atoms with Gasteiger partial charge in [0.2, 0.25) is 0 Å². The first-order chi connectivity index (χ1) is 14.0. The molecule has 1 aromatic carbocycles. The van der Waals surface area contributed by atoms with E-state index in [0.717, 1.165) is 43.2 Å². The minimum absolute atomic E-state index is 0.291. The highest BCUT2D eigenvalue weighted by molar-refractivity contribution is 7.81. The van der Waals surface area contributed by atoms with Gasteiger partial charge in [-0.05, 0) is 42.9 Å². The molecule has 0 spiro atoms. The van der Waals surface area contributed by atoms with E-state index < -0.39 is 10.4 Å². The third-order valence-electron chi connectivity index (χ3n) is 5.51. The van der Waals surface area contributed by atoms with Gasteiger partial charge in [-0.1, -0.05) is 103 Å². The van der Waals surface area contributed by atoms with Crippen molar-refractivity contribution in [2.75, 3.05) is 0 Å². The molecule has 0 radical (unpaired) electrons. The molecule has 0 aromatic heterocycles. The SMILES string of the molecule is CCCCCCCCCc1cccc(OS(=O)(=O)O)c1CCCCCCCCC. The average Bonchev–Trinajstić information content (AvgIpc) is 2.67. The van der Waals surface area contributed by atoms with E-state index in [0.29, 0.717) is 5.75 Å². The van der Waals surface area contributed by atoms with Gasteiger partial charge in [-0.2, -0.15) is 8.42 Å². The van der Waals surface area contributed by atoms with Crippen LogP contribution in [-0.2, 0) is 23.2 Å². The molecular weight excluding hydrogens is 384 g/mol. The fourth-order valence-corrected chi connectivity index (χ4v) is 4.24. The maximum Gasteiger partial charge on any atom is 0.446 e. The van der Waals surface area contributed by atoms with E-state index in [9.17, 15) is 8.42 Å². The maximum absolute atomic E-state index is 11.3. The third kappa shape index (κ3) is 13.0. The van der Waals surface area contributed by atoms with Gasteiger partial charge in [0.25, 0.3) is 0 Å². The van der Waals surface area contributed by atoms with Crippen molar-refractivity contribution in [1.29, 1.82) is 0 Å². The molecule has 0 aliphatic carbocycles. The molecule has 5 heteroatoms. The molecule has 0 saturated heterocycles. The Morgan fingerprint density at radius 2 is 1.21 bits per heavy atom. The molecule has 1 N–H and O–H groups in total. The molecule has 1 aromatic rings. The summed E-state index contributed by atoms with van der Waals surface area (Å²) < 4.78 is 36.5. The Bertz CT molecular complexity index is 640. The highest BCUT2D eigenvalue weighted by Gasteiger charge is 2.15. The maximum atomic E-state index is 11.3. The first-order valence-electron chi connectivity index (χ1n) is 11.8. The lowest BCUT2D eigenvalue weighted by Gasteiger charge is -2.14. The summed E-state index contributed by atoms with van der Waals surface area (Å²) in [6.45, 7) is 4.45. The van der Waals surface area contributed by atoms with Crippen molar-refractivity contribution in [3.63, 3.8) is 0 Å². The van der Waals surface area contributed by atoms with Gasteiger partial charge < -0.3 is 4.18 Å². The van der Waals surface area contributed by atoms with Gasteiger partial charge >= 0.3 is 10.4 Å². The van der Waals surface area contributed by atoms with E-state index in [1.807, 2.05) is 6.07 Å². The van der Waals surface area contributed by atoms with E-state index in [4.69, 9.17) is 8.74 Å². The molecule has 29 heavy (non-hydrogen) atoms. The van der Waals surface area contributed by atoms with Crippen molar-refractivity contribution < 1.29 is 17.2 Å². The number of rotatable bonds is 18. The van der Waals surface area contributed by atoms with Crippen LogP contribution in [0.5, 0.6) is 5.75 Å². The summed E-state index contributed by atoms with van der Waals surface area (Å²) in [6, 6.07) is 5.55. The van der Waals surface area contributed by atoms with Crippen LogP contribution in [0.4, 0.5) is 0 Å². The van der Waals surface area contributed by atoms with Crippen molar-refractivity contribution in [3.05, 3.63) is 29.3 Å². The Balaban J connectivity index is 2.60. The summed E-state index contributed by atoms with van der Waals surface area (Å²) >= 11 is 0. The minimum Gasteiger partial charge on any atom is -0.362 e. The van der Waals surface area contributed by atoms with Crippen LogP contribution in [0.25, 0.3) is 0 Å². The molecule has 168 valence electrons. The van der Waals surface area contributed by atoms with Gasteiger partial charge in [0.15, 0.2) is 0 Å². The van der Waals surface area contributed by atoms with Crippen LogP contribution >= 0.6 is 0 Å². The quantitative estimate of drug-likeness (QED) is 0.195. The smallest absolute Gasteiger partial charge is 0.362 e. The van der Waals surface area contributed by atoms with Crippen LogP contribution in [0.2, 0.25) is 0 Å². The molecule has 4 nitrogen and oxygen atoms in total. The Kier molecular flexibility index (Phi) is 14.1. The van der Waals surface area contributed by atoms with Gasteiger partial charge in [-0.25, -0.2) is 0 Å². The van der Waals surface area contributed by atoms with Crippen LogP contribution in [0.3, 0.4) is 0 Å². The number of unbranched alkanes of at least 4 members (excludes halogenated alkanes) is 12. The van der Waals surface area contributed by atoms with Crippen LogP contribution in [0, 0.1) is 0 Å². The predicted molar refractivity (Wildman–Crippen MR) is 122 cm³/mol. The monoisotopic (exact) mass is 426 g/mol. The van der Waals surface area contributed by atoms with Gasteiger partial charge in [0.05, 0.1) is 0 Å². The van der Waals surface area contributed by atoms with Crippen LogP contribution in [-0.4, -0.2) is 13.0 Å². The number of hydrogen-bond acceptors (Lipinski definition) is 3. The molecular formula is C24H42O4S. The molecule has 0 aliphatic rings. The summed E-state index contributed by atoms with van der Waals surface area (Å²) in [4.78, 5) is 0. The molecule has 0 saturated carbocycles. The van der Waals surface area contributed by atoms with Gasteiger partial charge in [-0.3, -0.25) is 4.55 Å². The second kappa shape index (κ2) is 15.7. The topological polar surface area (TPSA) is 63.6 Å². The van der Waals surface area contributed by atoms with Crippen LogP contribution in [0.15, 0.2) is 18.2 Å². The summed E-state index contributed by atoms with van der Waals surface area (Å²) in [5.41, 5.74) is 2.11. The zero-order valence-corrected chi connectivity index (χ0v) is 19.4. The van der Waals surface area contributed by atoms with Crippen LogP contribution < -0.4 is 4.18 Å². The Labute approximate surface area is 179 Å². The lowest BCUT2D eigenvalue weighted by atomic mass is 9.95. The van der Waals surface area contributed by atoms with E-state index in [2.05, 4.69) is 19.9 Å². The van der Waals surface area contributed by atoms with E-state index in [1.165, 1.54) is 70.6 Å². The lowest BCUT2D eigenvalue weighted by molar-refractivity contribution is 0.384. The van der Waals surface area contributed by atoms with Crippen molar-refractivity contribution >= 4 is 10.4 Å². The summed E-state index contributed by atoms with van der Waals surface area (Å²) in [5, 5.41) is 0. The summed E-state index contributed by atoms with van der Waals surface area (Å²) in [7, 11) is -4.50. The summed E-state index contributed by atoms with van der Waals surface area (Å²) in [6.07, 6.45) is 19.0. The Morgan fingerprint density at radius 1 is 0.724 bits per heavy atom. The van der Waals surface area contributed by atoms with Crippen molar-refractivity contribution in [1.82, 2.24) is 0 Å². The normalized spacial score (nSPS) is 11.7. The molecule has 0 bridgehead atoms. The predicted octanol–water partition coefficient (Wildman–Crippen LogP) is 7.45. The van der Waals surface area contributed by atoms with E-state index >= 15 is 0 Å². The standard InChI is InChI=1S/C24H42O4S/c1-3-5-7-9-11-13-15-18-22-19-17-21-24(28-29(25,26)27)23(22)20-16-14-12-10-8-6-4-2/h17,19,21H,3-16,18,20H2,1-2H3,(H,25,26,27). The second-order valence-electron chi connectivity index (χ2n) is 8.15. The summed E-state index contributed by atoms with van der Waals surface area (Å²) in [5.74, 6) is 0.291. The van der Waals surface area contributed by atoms with Gasteiger partial charge in [0.1, 0.15) is 5.75 Å². The zero-order valence-electron chi connectivity index (χ0n) is 18.6. The van der Waals surface area contributed by atoms with Crippen LogP contribution in [0.1, 0.15) is 115 Å². The van der Waals surface area contributed by atoms with E-state index in [-0.39, 0.29) is 0 Å². The van der Waals surface area contributed by atoms with Gasteiger partial charge in [-0.15, -0.1) is 0 Å². The third-order valence-corrected chi connectivity index (χ3v) is 5.90. The first kappa shape index (κ1) is 26.0. The van der Waals surface area contributed by atoms with Crippen molar-refractivity contribution in [3.8, 4) is 5.75 Å². The van der Waals surface area contributed by atoms with Gasteiger partial charge in [0, 0.05) is 0 Å². The molecule has 0 amide bonds. The molecule has 0 atom stereocenters. The molecule has 0 aliphatic heterocycles. The number of hydrogen-bond donors (Lipinski definition) is 1. The Hall–Kier alpha value is -1.07. The fraction of sp³-hybridized carbons (Fsp3) is 0.750. The molecule has 0 heterocycles. The first-order valence-corrected chi connectivity index (χ1v) is 13.1. The fourth-order valence-electron chi connectivity index (χ4n) is 3.85. The highest BCUT2D eigenvalue weighted by atomic mass is 32.3. The van der Waals surface area contributed by atoms with Crippen molar-refractivity contribution in [2.24, 2.45) is 0 Å². The second-order valence-corrected chi connectivity index (χ2v) is 9.17. The minimum atomic E-state index is -4.50. The zero-order chi connectivity index (χ0) is 21.4. The Morgan fingerprint density at radius 3 is 1.72 bits per heavy atom. The molecule has 0 unspecified atom stereocenters. The lowest BCUT2D eigenvalue weighted by Crippen LogP contribution is -2.09. The number of benzene rings is 1. The van der Waals surface area contributed by atoms with E-state index in [1.54, 1.807) is 6.07 Å². The molecule has 1 rings (SSSR count). The highest BCUT2D eigenvalue weighted by Crippen LogP contribution is 2.27.